The fourth-order valence-electron chi connectivity index (χ4n) is 2.72. The maximum absolute atomic E-state index is 12.6. The first-order chi connectivity index (χ1) is 11.2. The van der Waals surface area contributed by atoms with Crippen molar-refractivity contribution in [2.24, 2.45) is 5.92 Å². The third kappa shape index (κ3) is 2.79. The van der Waals surface area contributed by atoms with Gasteiger partial charge in [-0.2, -0.15) is 0 Å². The smallest absolute Gasteiger partial charge is 0.252 e. The van der Waals surface area contributed by atoms with Gasteiger partial charge in [0.25, 0.3) is 5.91 Å². The average Bonchev–Trinajstić information content (AvgIpc) is 3.28. The van der Waals surface area contributed by atoms with E-state index in [-0.39, 0.29) is 11.9 Å². The highest BCUT2D eigenvalue weighted by Gasteiger charge is 2.35. The lowest BCUT2D eigenvalue weighted by Crippen LogP contribution is -2.31. The third-order valence-electron chi connectivity index (χ3n) is 4.13. The molecule has 0 spiro atoms. The number of hydrogen-bond acceptors (Lipinski definition) is 4. The van der Waals surface area contributed by atoms with E-state index in [1.54, 1.807) is 24.5 Å². The van der Waals surface area contributed by atoms with Gasteiger partial charge in [0.05, 0.1) is 6.04 Å². The van der Waals surface area contributed by atoms with E-state index in [1.807, 2.05) is 29.8 Å². The molecular weight excluding hydrogens is 290 g/mol. The number of amides is 1. The number of imidazole rings is 1. The maximum atomic E-state index is 12.6. The van der Waals surface area contributed by atoms with Gasteiger partial charge in [0, 0.05) is 36.0 Å². The fourth-order valence-corrected chi connectivity index (χ4v) is 2.72. The first-order valence-corrected chi connectivity index (χ1v) is 7.74. The average molecular weight is 307 g/mol. The minimum atomic E-state index is -0.127. The van der Waals surface area contributed by atoms with E-state index < -0.39 is 0 Å². The monoisotopic (exact) mass is 307 g/mol. The Labute approximate surface area is 133 Å². The fraction of sp³-hybridized carbons (Fsp3) is 0.294. The Morgan fingerprint density at radius 1 is 1.26 bits per heavy atom. The molecule has 1 aliphatic rings. The summed E-state index contributed by atoms with van der Waals surface area (Å²) >= 11 is 0. The molecule has 6 nitrogen and oxygen atoms in total. The van der Waals surface area contributed by atoms with Gasteiger partial charge in [0.2, 0.25) is 0 Å². The lowest BCUT2D eigenvalue weighted by molar-refractivity contribution is 0.0929. The molecule has 1 fully saturated rings. The van der Waals surface area contributed by atoms with Crippen molar-refractivity contribution >= 4 is 11.6 Å². The molecule has 1 saturated carbocycles. The van der Waals surface area contributed by atoms with E-state index in [1.165, 1.54) is 0 Å². The van der Waals surface area contributed by atoms with Crippen LogP contribution in [0.2, 0.25) is 0 Å². The summed E-state index contributed by atoms with van der Waals surface area (Å²) in [7, 11) is 0. The van der Waals surface area contributed by atoms with Crippen molar-refractivity contribution in [2.75, 3.05) is 0 Å². The van der Waals surface area contributed by atoms with E-state index in [4.69, 9.17) is 0 Å². The summed E-state index contributed by atoms with van der Waals surface area (Å²) in [5, 5.41) is 3.09. The van der Waals surface area contributed by atoms with Crippen LogP contribution in [0.15, 0.2) is 43.0 Å². The van der Waals surface area contributed by atoms with Crippen molar-refractivity contribution in [3.8, 4) is 0 Å². The van der Waals surface area contributed by atoms with Crippen molar-refractivity contribution in [2.45, 2.75) is 25.8 Å². The molecule has 0 saturated heterocycles. The summed E-state index contributed by atoms with van der Waals surface area (Å²) in [4.78, 5) is 25.7. The Hall–Kier alpha value is -2.76. The molecule has 1 unspecified atom stereocenters. The van der Waals surface area contributed by atoms with Crippen LogP contribution in [-0.2, 0) is 0 Å². The molecule has 1 atom stereocenters. The molecule has 3 aromatic heterocycles. The normalized spacial score (nSPS) is 15.5. The molecule has 1 N–H and O–H groups in total. The second kappa shape index (κ2) is 5.46. The molecule has 116 valence electrons. The number of nitrogens with zero attached hydrogens (tertiary/aromatic N) is 4. The molecule has 23 heavy (non-hydrogen) atoms. The molecule has 4 rings (SSSR count). The molecule has 3 aromatic rings. The number of aromatic nitrogens is 4. The molecular formula is C17H17N5O. The summed E-state index contributed by atoms with van der Waals surface area (Å²) in [6.07, 6.45) is 9.35. The van der Waals surface area contributed by atoms with E-state index in [0.29, 0.717) is 17.3 Å². The third-order valence-corrected chi connectivity index (χ3v) is 4.13. The van der Waals surface area contributed by atoms with Crippen LogP contribution in [0.5, 0.6) is 0 Å². The van der Waals surface area contributed by atoms with Crippen LogP contribution in [-0.4, -0.2) is 25.3 Å². The summed E-state index contributed by atoms with van der Waals surface area (Å²) in [5.41, 5.74) is 2.27. The Balaban J connectivity index is 1.60. The van der Waals surface area contributed by atoms with Gasteiger partial charge in [0.1, 0.15) is 5.65 Å². The van der Waals surface area contributed by atoms with Crippen LogP contribution in [0, 0.1) is 12.8 Å². The van der Waals surface area contributed by atoms with Gasteiger partial charge in [-0.1, -0.05) is 0 Å². The van der Waals surface area contributed by atoms with Crippen molar-refractivity contribution in [3.05, 3.63) is 60.1 Å². The van der Waals surface area contributed by atoms with Gasteiger partial charge in [-0.25, -0.2) is 15.0 Å². The molecule has 0 radical (unpaired) electrons. The zero-order valence-electron chi connectivity index (χ0n) is 12.8. The molecule has 3 heterocycles. The number of pyridine rings is 1. The van der Waals surface area contributed by atoms with Gasteiger partial charge >= 0.3 is 0 Å². The van der Waals surface area contributed by atoms with Crippen molar-refractivity contribution in [1.82, 2.24) is 24.7 Å². The minimum Gasteiger partial charge on any atom is -0.342 e. The number of rotatable bonds is 4. The summed E-state index contributed by atoms with van der Waals surface area (Å²) < 4.78 is 1.87. The standard InChI is InChI=1S/C17H17N5O/c1-11-4-6-19-16(20-11)15(12-2-3-12)21-17(23)13-5-8-22-9-7-18-14(22)10-13/h4-10,12,15H,2-3H2,1H3,(H,21,23). The summed E-state index contributed by atoms with van der Waals surface area (Å²) in [5.74, 6) is 1.01. The van der Waals surface area contributed by atoms with Crippen LogP contribution >= 0.6 is 0 Å². The lowest BCUT2D eigenvalue weighted by atomic mass is 10.1. The Bertz CT molecular complexity index is 868. The first-order valence-electron chi connectivity index (χ1n) is 7.74. The highest BCUT2D eigenvalue weighted by atomic mass is 16.1. The lowest BCUT2D eigenvalue weighted by Gasteiger charge is -2.17. The quantitative estimate of drug-likeness (QED) is 0.803. The zero-order chi connectivity index (χ0) is 15.8. The number of hydrogen-bond donors (Lipinski definition) is 1. The molecule has 1 amide bonds. The second-order valence-electron chi connectivity index (χ2n) is 5.95. The van der Waals surface area contributed by atoms with Crippen LogP contribution in [0.25, 0.3) is 5.65 Å². The second-order valence-corrected chi connectivity index (χ2v) is 5.95. The number of fused-ring (bicyclic) bond motifs is 1. The van der Waals surface area contributed by atoms with E-state index in [9.17, 15) is 4.79 Å². The summed E-state index contributed by atoms with van der Waals surface area (Å²) in [6, 6.07) is 5.32. The first kappa shape index (κ1) is 13.9. The van der Waals surface area contributed by atoms with Gasteiger partial charge in [0.15, 0.2) is 5.82 Å². The van der Waals surface area contributed by atoms with Crippen LogP contribution in [0.4, 0.5) is 0 Å². The van der Waals surface area contributed by atoms with Gasteiger partial charge in [-0.3, -0.25) is 4.79 Å². The number of carbonyl (C=O) groups excluding carboxylic acids is 1. The van der Waals surface area contributed by atoms with Crippen LogP contribution < -0.4 is 5.32 Å². The van der Waals surface area contributed by atoms with E-state index >= 15 is 0 Å². The zero-order valence-corrected chi connectivity index (χ0v) is 12.8. The Kier molecular flexibility index (Phi) is 3.29. The van der Waals surface area contributed by atoms with Crippen molar-refractivity contribution < 1.29 is 4.79 Å². The number of nitrogens with one attached hydrogen (secondary N) is 1. The predicted octanol–water partition coefficient (Wildman–Crippen LogP) is 2.31. The summed E-state index contributed by atoms with van der Waals surface area (Å²) in [6.45, 7) is 1.93. The maximum Gasteiger partial charge on any atom is 0.252 e. The Morgan fingerprint density at radius 2 is 2.13 bits per heavy atom. The molecule has 0 aromatic carbocycles. The topological polar surface area (TPSA) is 72.2 Å². The van der Waals surface area contributed by atoms with Gasteiger partial charge in [-0.05, 0) is 43.9 Å². The molecule has 6 heteroatoms. The van der Waals surface area contributed by atoms with Crippen LogP contribution in [0.1, 0.15) is 40.8 Å². The molecule has 1 aliphatic carbocycles. The molecule has 0 bridgehead atoms. The van der Waals surface area contributed by atoms with Crippen molar-refractivity contribution in [1.29, 1.82) is 0 Å². The largest absolute Gasteiger partial charge is 0.342 e. The van der Waals surface area contributed by atoms with E-state index in [2.05, 4.69) is 20.3 Å². The number of aryl methyl sites for hydroxylation is 1. The highest BCUT2D eigenvalue weighted by Crippen LogP contribution is 2.40. The highest BCUT2D eigenvalue weighted by molar-refractivity contribution is 5.95. The van der Waals surface area contributed by atoms with Crippen molar-refractivity contribution in [3.63, 3.8) is 0 Å². The SMILES string of the molecule is Cc1ccnc(C(NC(=O)c2ccn3ccnc3c2)C2CC2)n1. The molecule has 0 aliphatic heterocycles. The Morgan fingerprint density at radius 3 is 2.91 bits per heavy atom. The van der Waals surface area contributed by atoms with Gasteiger partial charge < -0.3 is 9.72 Å². The van der Waals surface area contributed by atoms with Crippen LogP contribution in [0.3, 0.4) is 0 Å². The van der Waals surface area contributed by atoms with Gasteiger partial charge in [-0.15, -0.1) is 0 Å². The minimum absolute atomic E-state index is 0.113. The van der Waals surface area contributed by atoms with E-state index in [0.717, 1.165) is 24.2 Å². The predicted molar refractivity (Wildman–Crippen MR) is 84.9 cm³/mol. The number of carbonyl (C=O) groups is 1.